The number of hydrogen-bond acceptors (Lipinski definition) is 6. The number of fused-ring (bicyclic) bond motifs is 1. The molecule has 0 atom stereocenters. The molecule has 0 aliphatic carbocycles. The van der Waals surface area contributed by atoms with E-state index >= 15 is 0 Å². The third-order valence-electron chi connectivity index (χ3n) is 3.85. The van der Waals surface area contributed by atoms with Crippen LogP contribution in [0.5, 0.6) is 0 Å². The van der Waals surface area contributed by atoms with Crippen LogP contribution in [-0.4, -0.2) is 32.7 Å². The fraction of sp³-hybridized carbons (Fsp3) is 0.222. The average Bonchev–Trinajstić information content (AvgIpc) is 3.05. The van der Waals surface area contributed by atoms with Crippen molar-refractivity contribution in [1.29, 1.82) is 0 Å². The first-order valence-electron chi connectivity index (χ1n) is 8.13. The van der Waals surface area contributed by atoms with E-state index in [1.54, 1.807) is 0 Å². The molecule has 0 saturated heterocycles. The van der Waals surface area contributed by atoms with E-state index in [1.807, 2.05) is 24.3 Å². The van der Waals surface area contributed by atoms with Crippen LogP contribution in [0.4, 0.5) is 5.69 Å². The SMILES string of the molecule is CC(C)c1ccccc1NC(=O)CSc1nc2scc(C(=O)O)c2c(=O)[nH]1. The zero-order valence-corrected chi connectivity index (χ0v) is 16.2. The molecule has 0 spiro atoms. The van der Waals surface area contributed by atoms with E-state index in [2.05, 4.69) is 29.1 Å². The minimum atomic E-state index is -1.17. The van der Waals surface area contributed by atoms with Gasteiger partial charge in [0.15, 0.2) is 5.16 Å². The first-order valence-corrected chi connectivity index (χ1v) is 9.99. The van der Waals surface area contributed by atoms with Gasteiger partial charge in [-0.2, -0.15) is 0 Å². The number of nitrogens with zero attached hydrogens (tertiary/aromatic N) is 1. The van der Waals surface area contributed by atoms with Gasteiger partial charge in [0.2, 0.25) is 5.91 Å². The Balaban J connectivity index is 1.73. The van der Waals surface area contributed by atoms with Crippen molar-refractivity contribution in [2.45, 2.75) is 24.9 Å². The number of carbonyl (C=O) groups is 2. The summed E-state index contributed by atoms with van der Waals surface area (Å²) in [6.45, 7) is 4.10. The molecule has 27 heavy (non-hydrogen) atoms. The molecule has 7 nitrogen and oxygen atoms in total. The van der Waals surface area contributed by atoms with Crippen molar-refractivity contribution < 1.29 is 14.7 Å². The molecule has 1 amide bonds. The lowest BCUT2D eigenvalue weighted by Crippen LogP contribution is -2.17. The number of aromatic carboxylic acids is 1. The van der Waals surface area contributed by atoms with E-state index in [0.29, 0.717) is 4.83 Å². The normalized spacial score (nSPS) is 11.1. The molecule has 0 unspecified atom stereocenters. The van der Waals surface area contributed by atoms with Crippen molar-refractivity contribution in [3.8, 4) is 0 Å². The standard InChI is InChI=1S/C18H17N3O4S2/c1-9(2)10-5-3-4-6-12(10)19-13(22)8-27-18-20-15(23)14-11(17(24)25)7-26-16(14)21-18/h3-7,9H,8H2,1-2H3,(H,19,22)(H,24,25)(H,20,21,23). The van der Waals surface area contributed by atoms with E-state index in [9.17, 15) is 14.4 Å². The fourth-order valence-electron chi connectivity index (χ4n) is 2.59. The number of rotatable bonds is 6. The zero-order valence-electron chi connectivity index (χ0n) is 14.6. The van der Waals surface area contributed by atoms with Gasteiger partial charge in [0, 0.05) is 11.1 Å². The zero-order chi connectivity index (χ0) is 19.6. The van der Waals surface area contributed by atoms with Crippen molar-refractivity contribution in [1.82, 2.24) is 9.97 Å². The Labute approximate surface area is 162 Å². The first-order chi connectivity index (χ1) is 12.9. The second-order valence-electron chi connectivity index (χ2n) is 6.08. The van der Waals surface area contributed by atoms with Gasteiger partial charge in [0.1, 0.15) is 4.83 Å². The van der Waals surface area contributed by atoms with Crippen molar-refractivity contribution in [2.24, 2.45) is 0 Å². The van der Waals surface area contributed by atoms with Gasteiger partial charge in [-0.15, -0.1) is 11.3 Å². The van der Waals surface area contributed by atoms with Gasteiger partial charge >= 0.3 is 5.97 Å². The highest BCUT2D eigenvalue weighted by Gasteiger charge is 2.17. The van der Waals surface area contributed by atoms with Crippen LogP contribution in [0.3, 0.4) is 0 Å². The van der Waals surface area contributed by atoms with Crippen molar-refractivity contribution >= 4 is 50.9 Å². The van der Waals surface area contributed by atoms with E-state index in [0.717, 1.165) is 34.3 Å². The van der Waals surface area contributed by atoms with Gasteiger partial charge in [-0.1, -0.05) is 43.8 Å². The molecule has 3 rings (SSSR count). The number of hydrogen-bond donors (Lipinski definition) is 3. The molecule has 0 aliphatic rings. The molecule has 1 aromatic carbocycles. The summed E-state index contributed by atoms with van der Waals surface area (Å²) < 4.78 is 0. The third-order valence-corrected chi connectivity index (χ3v) is 5.60. The molecule has 2 heterocycles. The Hall–Kier alpha value is -2.65. The van der Waals surface area contributed by atoms with E-state index in [4.69, 9.17) is 5.11 Å². The Morgan fingerprint density at radius 1 is 1.33 bits per heavy atom. The van der Waals surface area contributed by atoms with Crippen LogP contribution in [0.2, 0.25) is 0 Å². The molecule has 9 heteroatoms. The van der Waals surface area contributed by atoms with Crippen LogP contribution < -0.4 is 10.9 Å². The van der Waals surface area contributed by atoms with Crippen molar-refractivity contribution in [3.63, 3.8) is 0 Å². The molecule has 140 valence electrons. The molecule has 0 saturated carbocycles. The van der Waals surface area contributed by atoms with Gasteiger partial charge < -0.3 is 15.4 Å². The van der Waals surface area contributed by atoms with Crippen LogP contribution >= 0.6 is 23.1 Å². The average molecular weight is 403 g/mol. The van der Waals surface area contributed by atoms with Crippen LogP contribution in [0.1, 0.15) is 35.7 Å². The molecule has 2 aromatic heterocycles. The Kier molecular flexibility index (Phi) is 5.62. The number of aromatic nitrogens is 2. The minimum Gasteiger partial charge on any atom is -0.478 e. The largest absolute Gasteiger partial charge is 0.478 e. The molecule has 3 N–H and O–H groups in total. The number of amides is 1. The fourth-order valence-corrected chi connectivity index (χ4v) is 4.22. The van der Waals surface area contributed by atoms with Gasteiger partial charge in [-0.3, -0.25) is 9.59 Å². The summed E-state index contributed by atoms with van der Waals surface area (Å²) in [5.41, 5.74) is 1.22. The second-order valence-corrected chi connectivity index (χ2v) is 7.91. The number of benzene rings is 1. The summed E-state index contributed by atoms with van der Waals surface area (Å²) in [5, 5.41) is 13.7. The number of nitrogens with one attached hydrogen (secondary N) is 2. The molecule has 0 bridgehead atoms. The number of aromatic amines is 1. The lowest BCUT2D eigenvalue weighted by Gasteiger charge is -2.13. The molecule has 0 aliphatic heterocycles. The highest BCUT2D eigenvalue weighted by Crippen LogP contribution is 2.25. The van der Waals surface area contributed by atoms with E-state index in [-0.39, 0.29) is 33.7 Å². The predicted molar refractivity (Wildman–Crippen MR) is 107 cm³/mol. The maximum absolute atomic E-state index is 12.3. The predicted octanol–water partition coefficient (Wildman–Crippen LogP) is 3.54. The molecular formula is C18H17N3O4S2. The molecular weight excluding hydrogens is 386 g/mol. The molecule has 3 aromatic rings. The number of carboxylic acids is 1. The summed E-state index contributed by atoms with van der Waals surface area (Å²) in [4.78, 5) is 42.7. The van der Waals surface area contributed by atoms with Crippen LogP contribution in [0.25, 0.3) is 10.2 Å². The smallest absolute Gasteiger partial charge is 0.337 e. The molecule has 0 radical (unpaired) electrons. The van der Waals surface area contributed by atoms with Crippen molar-refractivity contribution in [3.05, 3.63) is 51.1 Å². The highest BCUT2D eigenvalue weighted by molar-refractivity contribution is 7.99. The van der Waals surface area contributed by atoms with Crippen LogP contribution in [0.15, 0.2) is 39.6 Å². The van der Waals surface area contributed by atoms with E-state index in [1.165, 1.54) is 5.38 Å². The third kappa shape index (κ3) is 4.20. The number of H-pyrrole nitrogens is 1. The summed E-state index contributed by atoms with van der Waals surface area (Å²) in [6.07, 6.45) is 0. The van der Waals surface area contributed by atoms with Crippen molar-refractivity contribution in [2.75, 3.05) is 11.1 Å². The number of para-hydroxylation sites is 1. The minimum absolute atomic E-state index is 0.0622. The summed E-state index contributed by atoms with van der Waals surface area (Å²) in [5.74, 6) is -1.04. The van der Waals surface area contributed by atoms with Gasteiger partial charge in [0.05, 0.1) is 16.7 Å². The Bertz CT molecular complexity index is 1070. The number of anilines is 1. The van der Waals surface area contributed by atoms with Gasteiger partial charge in [0.25, 0.3) is 5.56 Å². The van der Waals surface area contributed by atoms with Gasteiger partial charge in [-0.25, -0.2) is 9.78 Å². The van der Waals surface area contributed by atoms with E-state index < -0.39 is 11.5 Å². The summed E-state index contributed by atoms with van der Waals surface area (Å²) in [7, 11) is 0. The number of carboxylic acid groups (broad SMARTS) is 1. The lowest BCUT2D eigenvalue weighted by atomic mass is 10.0. The summed E-state index contributed by atoms with van der Waals surface area (Å²) >= 11 is 2.18. The van der Waals surface area contributed by atoms with Gasteiger partial charge in [-0.05, 0) is 17.5 Å². The van der Waals surface area contributed by atoms with Crippen LogP contribution in [-0.2, 0) is 4.79 Å². The Morgan fingerprint density at radius 3 is 2.78 bits per heavy atom. The number of thioether (sulfide) groups is 1. The first kappa shape index (κ1) is 19.1. The number of carbonyl (C=O) groups excluding carboxylic acids is 1. The summed E-state index contributed by atoms with van der Waals surface area (Å²) in [6, 6.07) is 7.61. The highest BCUT2D eigenvalue weighted by atomic mass is 32.2. The monoisotopic (exact) mass is 403 g/mol. The molecule has 0 fully saturated rings. The maximum atomic E-state index is 12.3. The lowest BCUT2D eigenvalue weighted by molar-refractivity contribution is -0.113. The Morgan fingerprint density at radius 2 is 2.07 bits per heavy atom. The quantitative estimate of drug-likeness (QED) is 0.429. The van der Waals surface area contributed by atoms with Crippen LogP contribution in [0, 0.1) is 0 Å². The topological polar surface area (TPSA) is 112 Å². The maximum Gasteiger partial charge on any atom is 0.337 e. The number of thiophene rings is 1. The second kappa shape index (κ2) is 7.93.